The van der Waals surface area contributed by atoms with Crippen LogP contribution < -0.4 is 5.73 Å². The molecule has 3 N–H and O–H groups in total. The van der Waals surface area contributed by atoms with Gasteiger partial charge in [0.05, 0.1) is 12.5 Å². The van der Waals surface area contributed by atoms with Crippen LogP contribution in [0.25, 0.3) is 0 Å². The molecule has 0 aliphatic rings. The first-order valence-electron chi connectivity index (χ1n) is 3.20. The van der Waals surface area contributed by atoms with E-state index in [0.717, 1.165) is 4.88 Å². The Bertz CT molecular complexity index is 238. The van der Waals surface area contributed by atoms with E-state index in [2.05, 4.69) is 0 Å². The molecule has 1 rings (SSSR count). The van der Waals surface area contributed by atoms with Gasteiger partial charge in [-0.25, -0.2) is 0 Å². The average Bonchev–Trinajstić information content (AvgIpc) is 2.35. The molecule has 0 aliphatic carbocycles. The topological polar surface area (TPSA) is 63.3 Å². The number of carbonyl (C=O) groups excluding carboxylic acids is 1. The van der Waals surface area contributed by atoms with Crippen molar-refractivity contribution in [1.82, 2.24) is 0 Å². The van der Waals surface area contributed by atoms with Crippen LogP contribution in [0, 0.1) is 0 Å². The highest BCUT2D eigenvalue weighted by molar-refractivity contribution is 7.10. The molecule has 0 aliphatic heterocycles. The number of carbonyl (C=O) groups is 1. The molecule has 5 heteroatoms. The minimum atomic E-state index is -0.729. The van der Waals surface area contributed by atoms with Gasteiger partial charge in [-0.1, -0.05) is 6.07 Å². The number of aliphatic hydroxyl groups excluding tert-OH is 1. The Morgan fingerprint density at radius 3 is 2.83 bits per heavy atom. The number of halogens is 1. The molecule has 0 saturated heterocycles. The zero-order valence-electron chi connectivity index (χ0n) is 6.27. The maximum absolute atomic E-state index is 10.4. The van der Waals surface area contributed by atoms with E-state index in [0.29, 0.717) is 0 Å². The van der Waals surface area contributed by atoms with E-state index in [1.807, 2.05) is 11.4 Å². The molecule has 0 bridgehead atoms. The molecule has 12 heavy (non-hydrogen) atoms. The summed E-state index contributed by atoms with van der Waals surface area (Å²) >= 11 is 1.42. The zero-order chi connectivity index (χ0) is 8.27. The molecule has 1 amide bonds. The SMILES string of the molecule is Cl.NC(=O)CC(O)c1cccs1. The maximum Gasteiger partial charge on any atom is 0.220 e. The highest BCUT2D eigenvalue weighted by atomic mass is 35.5. The fourth-order valence-electron chi connectivity index (χ4n) is 0.772. The van der Waals surface area contributed by atoms with E-state index in [-0.39, 0.29) is 18.8 Å². The smallest absolute Gasteiger partial charge is 0.220 e. The zero-order valence-corrected chi connectivity index (χ0v) is 7.90. The Labute approximate surface area is 80.6 Å². The van der Waals surface area contributed by atoms with Gasteiger partial charge in [0.2, 0.25) is 5.91 Å². The quantitative estimate of drug-likeness (QED) is 0.779. The lowest BCUT2D eigenvalue weighted by Crippen LogP contribution is -2.14. The monoisotopic (exact) mass is 207 g/mol. The largest absolute Gasteiger partial charge is 0.387 e. The Morgan fingerprint density at radius 1 is 1.75 bits per heavy atom. The van der Waals surface area contributed by atoms with Gasteiger partial charge in [-0.3, -0.25) is 4.79 Å². The highest BCUT2D eigenvalue weighted by Gasteiger charge is 2.10. The molecule has 0 fully saturated rings. The van der Waals surface area contributed by atoms with Crippen LogP contribution in [-0.2, 0) is 4.79 Å². The standard InChI is InChI=1S/C7H9NO2S.ClH/c8-7(10)4-5(9)6-2-1-3-11-6;/h1-3,5,9H,4H2,(H2,8,10);1H. The van der Waals surface area contributed by atoms with Crippen LogP contribution in [0.4, 0.5) is 0 Å². The first-order valence-corrected chi connectivity index (χ1v) is 4.08. The summed E-state index contributed by atoms with van der Waals surface area (Å²) in [4.78, 5) is 11.2. The van der Waals surface area contributed by atoms with Gasteiger partial charge >= 0.3 is 0 Å². The molecule has 0 spiro atoms. The molecule has 68 valence electrons. The minimum absolute atomic E-state index is 0. The van der Waals surface area contributed by atoms with Crippen molar-refractivity contribution >= 4 is 29.7 Å². The summed E-state index contributed by atoms with van der Waals surface area (Å²) in [7, 11) is 0. The molecule has 0 saturated carbocycles. The Morgan fingerprint density at radius 2 is 2.42 bits per heavy atom. The van der Waals surface area contributed by atoms with Gasteiger partial charge in [0.1, 0.15) is 0 Å². The number of thiophene rings is 1. The number of nitrogens with two attached hydrogens (primary N) is 1. The first-order chi connectivity index (χ1) is 5.20. The fraction of sp³-hybridized carbons (Fsp3) is 0.286. The van der Waals surface area contributed by atoms with Gasteiger partial charge in [-0.2, -0.15) is 0 Å². The number of aliphatic hydroxyl groups is 1. The van der Waals surface area contributed by atoms with Crippen molar-refractivity contribution in [1.29, 1.82) is 0 Å². The van der Waals surface area contributed by atoms with E-state index >= 15 is 0 Å². The highest BCUT2D eigenvalue weighted by Crippen LogP contribution is 2.20. The van der Waals surface area contributed by atoms with Gasteiger partial charge < -0.3 is 10.8 Å². The summed E-state index contributed by atoms with van der Waals surface area (Å²) in [6, 6.07) is 3.60. The van der Waals surface area contributed by atoms with Gasteiger partial charge in [-0.15, -0.1) is 23.7 Å². The Balaban J connectivity index is 0.00000121. The molecular formula is C7H10ClNO2S. The summed E-state index contributed by atoms with van der Waals surface area (Å²) in [6.45, 7) is 0. The van der Waals surface area contributed by atoms with Crippen molar-refractivity contribution in [3.63, 3.8) is 0 Å². The van der Waals surface area contributed by atoms with Crippen LogP contribution in [0.2, 0.25) is 0 Å². The predicted octanol–water partition coefficient (Wildman–Crippen LogP) is 1.08. The lowest BCUT2D eigenvalue weighted by Gasteiger charge is -2.03. The third kappa shape index (κ3) is 3.21. The van der Waals surface area contributed by atoms with Crippen molar-refractivity contribution in [2.75, 3.05) is 0 Å². The van der Waals surface area contributed by atoms with E-state index in [1.165, 1.54) is 11.3 Å². The second-order valence-corrected chi connectivity index (χ2v) is 3.18. The van der Waals surface area contributed by atoms with Crippen molar-refractivity contribution in [3.05, 3.63) is 22.4 Å². The predicted molar refractivity (Wildman–Crippen MR) is 50.3 cm³/mol. The molecule has 1 heterocycles. The van der Waals surface area contributed by atoms with Crippen LogP contribution in [0.3, 0.4) is 0 Å². The summed E-state index contributed by atoms with van der Waals surface area (Å²) in [5, 5.41) is 11.1. The number of amides is 1. The number of primary amides is 1. The van der Waals surface area contributed by atoms with E-state index in [9.17, 15) is 9.90 Å². The lowest BCUT2D eigenvalue weighted by atomic mass is 10.2. The molecule has 1 aromatic rings. The van der Waals surface area contributed by atoms with Crippen LogP contribution in [0.15, 0.2) is 17.5 Å². The van der Waals surface area contributed by atoms with Crippen molar-refractivity contribution in [3.8, 4) is 0 Å². The van der Waals surface area contributed by atoms with Gasteiger partial charge in [0.25, 0.3) is 0 Å². The van der Waals surface area contributed by atoms with Gasteiger partial charge in [0, 0.05) is 4.88 Å². The summed E-state index contributed by atoms with van der Waals surface area (Å²) < 4.78 is 0. The summed E-state index contributed by atoms with van der Waals surface area (Å²) in [6.07, 6.45) is -0.729. The van der Waals surface area contributed by atoms with Gasteiger partial charge in [-0.05, 0) is 11.4 Å². The molecular weight excluding hydrogens is 198 g/mol. The molecule has 0 aromatic carbocycles. The second kappa shape index (κ2) is 5.13. The first kappa shape index (κ1) is 11.4. The molecule has 1 aromatic heterocycles. The molecule has 1 atom stereocenters. The molecule has 3 nitrogen and oxygen atoms in total. The van der Waals surface area contributed by atoms with Crippen LogP contribution in [0.1, 0.15) is 17.4 Å². The van der Waals surface area contributed by atoms with Crippen LogP contribution >= 0.6 is 23.7 Å². The number of hydrogen-bond acceptors (Lipinski definition) is 3. The Hall–Kier alpha value is -0.580. The van der Waals surface area contributed by atoms with Crippen LogP contribution in [-0.4, -0.2) is 11.0 Å². The Kier molecular flexibility index (Phi) is 4.89. The third-order valence-electron chi connectivity index (χ3n) is 1.27. The third-order valence-corrected chi connectivity index (χ3v) is 2.24. The fourth-order valence-corrected chi connectivity index (χ4v) is 1.48. The van der Waals surface area contributed by atoms with Crippen molar-refractivity contribution in [2.45, 2.75) is 12.5 Å². The number of hydrogen-bond donors (Lipinski definition) is 2. The van der Waals surface area contributed by atoms with Crippen LogP contribution in [0.5, 0.6) is 0 Å². The average molecular weight is 208 g/mol. The summed E-state index contributed by atoms with van der Waals surface area (Å²) in [5.74, 6) is -0.481. The normalized spacial score (nSPS) is 11.8. The van der Waals surface area contributed by atoms with E-state index in [1.54, 1.807) is 6.07 Å². The van der Waals surface area contributed by atoms with Crippen molar-refractivity contribution < 1.29 is 9.90 Å². The van der Waals surface area contributed by atoms with E-state index in [4.69, 9.17) is 5.73 Å². The van der Waals surface area contributed by atoms with Gasteiger partial charge in [0.15, 0.2) is 0 Å². The van der Waals surface area contributed by atoms with E-state index < -0.39 is 12.0 Å². The molecule has 1 unspecified atom stereocenters. The maximum atomic E-state index is 10.4. The number of rotatable bonds is 3. The lowest BCUT2D eigenvalue weighted by molar-refractivity contribution is -0.119. The second-order valence-electron chi connectivity index (χ2n) is 2.20. The molecule has 0 radical (unpaired) electrons. The summed E-state index contributed by atoms with van der Waals surface area (Å²) in [5.41, 5.74) is 4.91. The minimum Gasteiger partial charge on any atom is -0.387 e. The van der Waals surface area contributed by atoms with Crippen molar-refractivity contribution in [2.24, 2.45) is 5.73 Å².